The average Bonchev–Trinajstić information content (AvgIpc) is 2.98. The third-order valence-corrected chi connectivity index (χ3v) is 5.32. The minimum Gasteiger partial charge on any atom is -0.394 e. The molecule has 138 valence electrons. The quantitative estimate of drug-likeness (QED) is 0.581. The lowest BCUT2D eigenvalue weighted by atomic mass is 9.98. The first-order valence-corrected chi connectivity index (χ1v) is 9.70. The largest absolute Gasteiger partial charge is 0.394 e. The van der Waals surface area contributed by atoms with E-state index in [4.69, 9.17) is 9.84 Å². The number of fused-ring (bicyclic) bond motifs is 1. The molecule has 0 aliphatic heterocycles. The highest BCUT2D eigenvalue weighted by molar-refractivity contribution is 7.19. The standard InChI is InChI=1S/C20H25N3O2S/c1-13(2)15-4-6-16(7-5-15)17-14(3)26-20-18(17)19(22-12-23-20)21-8-10-25-11-9-24/h4-7,12-13,24H,8-11H2,1-3H3,(H,21,22,23). The Kier molecular flexibility index (Phi) is 6.19. The van der Waals surface area contributed by atoms with Crippen molar-refractivity contribution in [3.63, 3.8) is 0 Å². The number of hydrogen-bond donors (Lipinski definition) is 2. The Bertz CT molecular complexity index is 859. The minimum absolute atomic E-state index is 0.0397. The van der Waals surface area contributed by atoms with Crippen LogP contribution in [0.1, 0.15) is 30.2 Å². The van der Waals surface area contributed by atoms with E-state index in [0.717, 1.165) is 16.0 Å². The summed E-state index contributed by atoms with van der Waals surface area (Å²) in [5.41, 5.74) is 3.72. The summed E-state index contributed by atoms with van der Waals surface area (Å²) in [7, 11) is 0. The first-order valence-electron chi connectivity index (χ1n) is 8.88. The Hall–Kier alpha value is -2.02. The average molecular weight is 372 g/mol. The van der Waals surface area contributed by atoms with Gasteiger partial charge < -0.3 is 15.2 Å². The van der Waals surface area contributed by atoms with Crippen LogP contribution in [-0.2, 0) is 4.74 Å². The van der Waals surface area contributed by atoms with Crippen LogP contribution in [0.15, 0.2) is 30.6 Å². The lowest BCUT2D eigenvalue weighted by molar-refractivity contribution is 0.0992. The Morgan fingerprint density at radius 1 is 1.15 bits per heavy atom. The molecule has 26 heavy (non-hydrogen) atoms. The number of nitrogens with zero attached hydrogens (tertiary/aromatic N) is 2. The first-order chi connectivity index (χ1) is 12.6. The van der Waals surface area contributed by atoms with Gasteiger partial charge in [-0.2, -0.15) is 0 Å². The molecular formula is C20H25N3O2S. The molecule has 2 aromatic heterocycles. The van der Waals surface area contributed by atoms with Gasteiger partial charge in [-0.1, -0.05) is 38.1 Å². The van der Waals surface area contributed by atoms with E-state index in [9.17, 15) is 0 Å². The topological polar surface area (TPSA) is 67.3 Å². The third-order valence-electron chi connectivity index (χ3n) is 4.30. The van der Waals surface area contributed by atoms with Gasteiger partial charge in [-0.05, 0) is 24.0 Å². The van der Waals surface area contributed by atoms with E-state index in [0.29, 0.717) is 25.7 Å². The Balaban J connectivity index is 1.93. The Morgan fingerprint density at radius 2 is 1.92 bits per heavy atom. The number of thiophene rings is 1. The summed E-state index contributed by atoms with van der Waals surface area (Å²) in [5.74, 6) is 1.35. The van der Waals surface area contributed by atoms with Crippen LogP contribution in [0.3, 0.4) is 0 Å². The second kappa shape index (κ2) is 8.58. The van der Waals surface area contributed by atoms with Gasteiger partial charge in [0.25, 0.3) is 0 Å². The molecule has 0 spiro atoms. The molecule has 1 aromatic carbocycles. The monoisotopic (exact) mass is 371 g/mol. The maximum atomic E-state index is 8.78. The third kappa shape index (κ3) is 4.03. The molecule has 6 heteroatoms. The maximum Gasteiger partial charge on any atom is 0.138 e. The van der Waals surface area contributed by atoms with Crippen LogP contribution in [0, 0.1) is 6.92 Å². The highest BCUT2D eigenvalue weighted by Crippen LogP contribution is 2.40. The fourth-order valence-corrected chi connectivity index (χ4v) is 3.98. The lowest BCUT2D eigenvalue weighted by Crippen LogP contribution is -2.12. The van der Waals surface area contributed by atoms with E-state index < -0.39 is 0 Å². The van der Waals surface area contributed by atoms with E-state index in [-0.39, 0.29) is 6.61 Å². The molecule has 0 atom stereocenters. The highest BCUT2D eigenvalue weighted by Gasteiger charge is 2.16. The second-order valence-corrected chi connectivity index (χ2v) is 7.68. The number of aliphatic hydroxyl groups excluding tert-OH is 1. The number of anilines is 1. The van der Waals surface area contributed by atoms with Crippen LogP contribution in [-0.4, -0.2) is 41.4 Å². The highest BCUT2D eigenvalue weighted by atomic mass is 32.1. The SMILES string of the molecule is Cc1sc2ncnc(NCCOCCO)c2c1-c1ccc(C(C)C)cc1. The molecule has 0 aliphatic carbocycles. The summed E-state index contributed by atoms with van der Waals surface area (Å²) in [4.78, 5) is 11.1. The predicted octanol–water partition coefficient (Wildman–Crippen LogP) is 4.21. The van der Waals surface area contributed by atoms with Crippen LogP contribution in [0.4, 0.5) is 5.82 Å². The van der Waals surface area contributed by atoms with Gasteiger partial charge in [-0.25, -0.2) is 9.97 Å². The smallest absolute Gasteiger partial charge is 0.138 e. The molecule has 2 heterocycles. The fourth-order valence-electron chi connectivity index (χ4n) is 2.97. The van der Waals surface area contributed by atoms with Crippen LogP contribution in [0.25, 0.3) is 21.3 Å². The molecule has 0 saturated carbocycles. The minimum atomic E-state index is 0.0397. The number of hydrogen-bond acceptors (Lipinski definition) is 6. The van der Waals surface area contributed by atoms with Gasteiger partial charge in [-0.3, -0.25) is 0 Å². The summed E-state index contributed by atoms with van der Waals surface area (Å²) in [5, 5.41) is 13.2. The van der Waals surface area contributed by atoms with Gasteiger partial charge in [0.2, 0.25) is 0 Å². The summed E-state index contributed by atoms with van der Waals surface area (Å²) >= 11 is 1.69. The number of aliphatic hydroxyl groups is 1. The van der Waals surface area contributed by atoms with Gasteiger partial charge in [0.15, 0.2) is 0 Å². The number of ether oxygens (including phenoxy) is 1. The molecule has 3 rings (SSSR count). The number of aryl methyl sites for hydroxylation is 1. The van der Waals surface area contributed by atoms with Crippen LogP contribution in [0.2, 0.25) is 0 Å². The normalized spacial score (nSPS) is 11.4. The van der Waals surface area contributed by atoms with E-state index >= 15 is 0 Å². The van der Waals surface area contributed by atoms with E-state index in [1.54, 1.807) is 17.7 Å². The van der Waals surface area contributed by atoms with Crippen molar-refractivity contribution in [3.8, 4) is 11.1 Å². The number of aromatic nitrogens is 2. The van der Waals surface area contributed by atoms with Crippen LogP contribution >= 0.6 is 11.3 Å². The van der Waals surface area contributed by atoms with Crippen LogP contribution in [0.5, 0.6) is 0 Å². The zero-order chi connectivity index (χ0) is 18.5. The molecule has 5 nitrogen and oxygen atoms in total. The van der Waals surface area contributed by atoms with Crippen molar-refractivity contribution in [3.05, 3.63) is 41.0 Å². The number of rotatable bonds is 8. The summed E-state index contributed by atoms with van der Waals surface area (Å²) in [6.07, 6.45) is 1.60. The molecule has 0 aliphatic rings. The Morgan fingerprint density at radius 3 is 2.62 bits per heavy atom. The van der Waals surface area contributed by atoms with Gasteiger partial charge in [0.1, 0.15) is 17.0 Å². The van der Waals surface area contributed by atoms with Crippen molar-refractivity contribution in [2.24, 2.45) is 0 Å². The summed E-state index contributed by atoms with van der Waals surface area (Å²) < 4.78 is 5.32. The Labute approximate surface area is 158 Å². The van der Waals surface area contributed by atoms with Crippen molar-refractivity contribution >= 4 is 27.4 Å². The molecule has 2 N–H and O–H groups in total. The van der Waals surface area contributed by atoms with Crippen molar-refractivity contribution in [1.29, 1.82) is 0 Å². The van der Waals surface area contributed by atoms with Crippen molar-refractivity contribution in [2.45, 2.75) is 26.7 Å². The molecular weight excluding hydrogens is 346 g/mol. The molecule has 3 aromatic rings. The lowest BCUT2D eigenvalue weighted by Gasteiger charge is -2.10. The van der Waals surface area contributed by atoms with Crippen molar-refractivity contribution in [2.75, 3.05) is 31.7 Å². The van der Waals surface area contributed by atoms with Crippen LogP contribution < -0.4 is 5.32 Å². The van der Waals surface area contributed by atoms with E-state index in [1.165, 1.54) is 21.6 Å². The number of benzene rings is 1. The van der Waals surface area contributed by atoms with Gasteiger partial charge in [-0.15, -0.1) is 11.3 Å². The first kappa shape index (κ1) is 18.8. The predicted molar refractivity (Wildman–Crippen MR) is 108 cm³/mol. The van der Waals surface area contributed by atoms with Gasteiger partial charge in [0, 0.05) is 17.0 Å². The fraction of sp³-hybridized carbons (Fsp3) is 0.400. The maximum absolute atomic E-state index is 8.78. The molecule has 0 radical (unpaired) electrons. The van der Waals surface area contributed by atoms with Gasteiger partial charge in [0.05, 0.1) is 25.2 Å². The summed E-state index contributed by atoms with van der Waals surface area (Å²) in [6, 6.07) is 8.76. The summed E-state index contributed by atoms with van der Waals surface area (Å²) in [6.45, 7) is 8.08. The molecule has 0 saturated heterocycles. The van der Waals surface area contributed by atoms with Crippen molar-refractivity contribution < 1.29 is 9.84 Å². The van der Waals surface area contributed by atoms with E-state index in [2.05, 4.69) is 60.3 Å². The van der Waals surface area contributed by atoms with E-state index in [1.807, 2.05) is 0 Å². The molecule has 0 bridgehead atoms. The second-order valence-electron chi connectivity index (χ2n) is 6.48. The molecule has 0 unspecified atom stereocenters. The zero-order valence-electron chi connectivity index (χ0n) is 15.5. The zero-order valence-corrected chi connectivity index (χ0v) is 16.3. The number of nitrogens with one attached hydrogen (secondary N) is 1. The van der Waals surface area contributed by atoms with Crippen molar-refractivity contribution in [1.82, 2.24) is 9.97 Å². The molecule has 0 fully saturated rings. The van der Waals surface area contributed by atoms with Gasteiger partial charge >= 0.3 is 0 Å². The molecule has 0 amide bonds.